The number of halogens is 2. The largest absolute Gasteiger partial charge is 0.467 e. The molecule has 6 heterocycles. The van der Waals surface area contributed by atoms with Gasteiger partial charge >= 0.3 is 12.1 Å². The zero-order valence-corrected chi connectivity index (χ0v) is 27.5. The molecule has 14 heteroatoms. The van der Waals surface area contributed by atoms with Crippen LogP contribution in [-0.4, -0.2) is 95.3 Å². The van der Waals surface area contributed by atoms with Gasteiger partial charge in [0, 0.05) is 47.8 Å². The van der Waals surface area contributed by atoms with Crippen LogP contribution in [0, 0.1) is 11.7 Å². The van der Waals surface area contributed by atoms with Gasteiger partial charge in [-0.2, -0.15) is 15.1 Å². The van der Waals surface area contributed by atoms with Crippen LogP contribution in [0.3, 0.4) is 0 Å². The van der Waals surface area contributed by atoms with E-state index in [1.54, 1.807) is 24.5 Å². The smallest absolute Gasteiger partial charge is 0.404 e. The molecule has 4 fully saturated rings. The van der Waals surface area contributed by atoms with Crippen molar-refractivity contribution in [3.8, 4) is 17.3 Å². The maximum Gasteiger partial charge on any atom is 0.404 e. The number of nitrogens with zero attached hydrogens (tertiary/aromatic N) is 6. The molecule has 3 aliphatic heterocycles. The summed E-state index contributed by atoms with van der Waals surface area (Å²) >= 11 is 6.23. The number of aromatic nitrogens is 5. The van der Waals surface area contributed by atoms with E-state index in [0.717, 1.165) is 62.9 Å². The molecule has 3 saturated heterocycles. The van der Waals surface area contributed by atoms with Crippen LogP contribution < -0.4 is 15.4 Å². The third-order valence-electron chi connectivity index (χ3n) is 9.06. The number of carbonyl (C=O) groups excluding carboxylic acids is 1. The minimum absolute atomic E-state index is 0. The molecule has 1 atom stereocenters. The molecule has 1 unspecified atom stereocenters. The Bertz CT molecular complexity index is 1670. The molecule has 8 rings (SSSR count). The highest BCUT2D eigenvalue weighted by Crippen LogP contribution is 2.36. The number of fused-ring (bicyclic) bond motifs is 3. The van der Waals surface area contributed by atoms with Crippen molar-refractivity contribution >= 4 is 45.3 Å². The number of nitrogens with two attached hydrogens (primary N) is 1. The molecule has 3 aromatic heterocycles. The van der Waals surface area contributed by atoms with Crippen LogP contribution >= 0.6 is 11.6 Å². The van der Waals surface area contributed by atoms with Crippen LogP contribution in [0.15, 0.2) is 24.5 Å². The highest BCUT2D eigenvalue weighted by Gasteiger charge is 2.27. The minimum Gasteiger partial charge on any atom is -0.467 e. The Morgan fingerprint density at radius 1 is 1.08 bits per heavy atom. The van der Waals surface area contributed by atoms with Crippen LogP contribution in [0.1, 0.15) is 58.8 Å². The number of rotatable bonds is 6. The molecule has 1 amide bonds. The normalized spacial score (nSPS) is 19.0. The molecular formula is C34H46ClFN8O4. The predicted molar refractivity (Wildman–Crippen MR) is 185 cm³/mol. The van der Waals surface area contributed by atoms with E-state index in [4.69, 9.17) is 26.8 Å². The summed E-state index contributed by atoms with van der Waals surface area (Å²) in [7, 11) is 1.48. The fraction of sp³-hybridized carbons (Fsp3) is 0.559. The molecule has 48 heavy (non-hydrogen) atoms. The molecule has 4 aliphatic rings. The standard InChI is InChI=1S/C20H18ClFN6O.C7H13NO.C6H11NO2.CH4/c1-29-20-25-18-14(19(26-20)28-5-3-2-4-6-28)9-23-17(16(18)22)12-7-11(21)8-15-13(12)10-24-27-15;1-2-7-6-9-5-4-8(7)3-1;7-6(8)9-4-3-5-1-2-5;/h7-10H,2-6H2,1H3,(H,24,27);7H,1-6H2;5H,1-4H2,(H2,7,8);1H4. The number of amides is 1. The van der Waals surface area contributed by atoms with Crippen molar-refractivity contribution in [3.05, 3.63) is 35.4 Å². The van der Waals surface area contributed by atoms with Crippen molar-refractivity contribution in [2.24, 2.45) is 11.7 Å². The van der Waals surface area contributed by atoms with Crippen molar-refractivity contribution in [2.75, 3.05) is 58.0 Å². The fourth-order valence-corrected chi connectivity index (χ4v) is 6.59. The van der Waals surface area contributed by atoms with E-state index in [1.165, 1.54) is 52.3 Å². The van der Waals surface area contributed by atoms with E-state index in [2.05, 4.69) is 39.7 Å². The van der Waals surface area contributed by atoms with Crippen LogP contribution in [-0.2, 0) is 9.47 Å². The molecule has 3 N–H and O–H groups in total. The Labute approximate surface area is 285 Å². The van der Waals surface area contributed by atoms with Gasteiger partial charge in [-0.3, -0.25) is 15.0 Å². The van der Waals surface area contributed by atoms with E-state index in [0.29, 0.717) is 33.9 Å². The summed E-state index contributed by atoms with van der Waals surface area (Å²) in [5, 5.41) is 8.67. The zero-order valence-electron chi connectivity index (χ0n) is 26.7. The summed E-state index contributed by atoms with van der Waals surface area (Å²) in [5.41, 5.74) is 6.35. The summed E-state index contributed by atoms with van der Waals surface area (Å²) in [6.07, 6.45) is 12.3. The van der Waals surface area contributed by atoms with E-state index in [-0.39, 0.29) is 24.6 Å². The Kier molecular flexibility index (Phi) is 12.2. The number of aromatic amines is 1. The lowest BCUT2D eigenvalue weighted by Crippen LogP contribution is -2.40. The molecule has 0 spiro atoms. The van der Waals surface area contributed by atoms with Gasteiger partial charge in [0.1, 0.15) is 17.0 Å². The van der Waals surface area contributed by atoms with Crippen molar-refractivity contribution in [3.63, 3.8) is 0 Å². The number of primary amides is 1. The van der Waals surface area contributed by atoms with Gasteiger partial charge in [0.05, 0.1) is 44.0 Å². The highest BCUT2D eigenvalue weighted by molar-refractivity contribution is 6.31. The number of morpholine rings is 1. The van der Waals surface area contributed by atoms with Crippen molar-refractivity contribution in [1.82, 2.24) is 30.0 Å². The Hall–Kier alpha value is -3.81. The van der Waals surface area contributed by atoms with Crippen LogP contribution in [0.2, 0.25) is 5.02 Å². The number of piperidine rings is 1. The van der Waals surface area contributed by atoms with E-state index >= 15 is 4.39 Å². The van der Waals surface area contributed by atoms with Crippen molar-refractivity contribution in [1.29, 1.82) is 0 Å². The maximum absolute atomic E-state index is 15.7. The summed E-state index contributed by atoms with van der Waals surface area (Å²) in [4.78, 5) is 27.9. The lowest BCUT2D eigenvalue weighted by Gasteiger charge is -2.28. The number of H-pyrrole nitrogens is 1. The third-order valence-corrected chi connectivity index (χ3v) is 9.28. The second kappa shape index (κ2) is 16.5. The average Bonchev–Trinajstić information content (AvgIpc) is 3.57. The lowest BCUT2D eigenvalue weighted by molar-refractivity contribution is 0.0129. The first-order valence-electron chi connectivity index (χ1n) is 16.4. The summed E-state index contributed by atoms with van der Waals surface area (Å²) < 4.78 is 30.8. The minimum atomic E-state index is -0.657. The molecule has 1 saturated carbocycles. The summed E-state index contributed by atoms with van der Waals surface area (Å²) in [6.45, 7) is 6.65. The number of benzene rings is 1. The molecule has 260 valence electrons. The SMILES string of the molecule is C.C1CC2COCCN2C1.COc1nc(N2CCCCC2)c2cnc(-c3cc(Cl)cc4[nH]ncc34)c(F)c2n1.NC(=O)OCCC1CC1. The maximum atomic E-state index is 15.7. The highest BCUT2D eigenvalue weighted by atomic mass is 35.5. The molecule has 4 aromatic rings. The quantitative estimate of drug-likeness (QED) is 0.235. The molecule has 12 nitrogen and oxygen atoms in total. The third kappa shape index (κ3) is 8.61. The molecule has 0 radical (unpaired) electrons. The first-order valence-corrected chi connectivity index (χ1v) is 16.8. The second-order valence-corrected chi connectivity index (χ2v) is 12.8. The number of methoxy groups -OCH3 is 1. The fourth-order valence-electron chi connectivity index (χ4n) is 6.37. The van der Waals surface area contributed by atoms with Crippen LogP contribution in [0.25, 0.3) is 33.1 Å². The van der Waals surface area contributed by atoms with Crippen molar-refractivity contribution < 1.29 is 23.4 Å². The van der Waals surface area contributed by atoms with Gasteiger partial charge in [-0.15, -0.1) is 0 Å². The monoisotopic (exact) mass is 684 g/mol. The van der Waals surface area contributed by atoms with E-state index in [1.807, 2.05) is 0 Å². The van der Waals surface area contributed by atoms with Crippen LogP contribution in [0.5, 0.6) is 6.01 Å². The van der Waals surface area contributed by atoms with E-state index in [9.17, 15) is 4.79 Å². The average molecular weight is 685 g/mol. The Balaban J connectivity index is 0.000000193. The Morgan fingerprint density at radius 2 is 1.90 bits per heavy atom. The van der Waals surface area contributed by atoms with Gasteiger partial charge in [-0.25, -0.2) is 9.18 Å². The summed E-state index contributed by atoms with van der Waals surface area (Å²) in [6, 6.07) is 4.33. The molecule has 0 bridgehead atoms. The first-order chi connectivity index (χ1) is 22.9. The number of carbonyl (C=O) groups is 1. The van der Waals surface area contributed by atoms with Gasteiger partial charge in [0.25, 0.3) is 0 Å². The Morgan fingerprint density at radius 3 is 2.62 bits per heavy atom. The number of pyridine rings is 1. The van der Waals surface area contributed by atoms with Gasteiger partial charge in [-0.1, -0.05) is 31.9 Å². The van der Waals surface area contributed by atoms with Gasteiger partial charge in [0.15, 0.2) is 5.82 Å². The zero-order chi connectivity index (χ0) is 32.8. The lowest BCUT2D eigenvalue weighted by atomic mass is 10.0. The number of hydrogen-bond acceptors (Lipinski definition) is 10. The first kappa shape index (κ1) is 35.5. The number of anilines is 1. The van der Waals surface area contributed by atoms with E-state index < -0.39 is 11.9 Å². The number of hydrogen-bond donors (Lipinski definition) is 2. The van der Waals surface area contributed by atoms with Crippen molar-refractivity contribution in [2.45, 2.75) is 64.8 Å². The van der Waals surface area contributed by atoms with Gasteiger partial charge in [0.2, 0.25) is 0 Å². The molecule has 1 aromatic carbocycles. The number of nitrogens with one attached hydrogen (secondary N) is 1. The van der Waals surface area contributed by atoms with Gasteiger partial charge in [-0.05, 0) is 63.1 Å². The molecular weight excluding hydrogens is 639 g/mol. The second-order valence-electron chi connectivity index (χ2n) is 12.4. The predicted octanol–water partition coefficient (Wildman–Crippen LogP) is 6.36. The summed E-state index contributed by atoms with van der Waals surface area (Å²) in [5.74, 6) is 0.930. The topological polar surface area (TPSA) is 145 Å². The van der Waals surface area contributed by atoms with Gasteiger partial charge < -0.3 is 24.8 Å². The number of ether oxygens (including phenoxy) is 3. The molecule has 1 aliphatic carbocycles. The van der Waals surface area contributed by atoms with Crippen LogP contribution in [0.4, 0.5) is 15.0 Å².